The summed E-state index contributed by atoms with van der Waals surface area (Å²) >= 11 is 8.50. The second-order valence-electron chi connectivity index (χ2n) is 6.32. The molecule has 0 aliphatic heterocycles. The number of amides is 1. The first-order chi connectivity index (χ1) is 14.2. The van der Waals surface area contributed by atoms with Gasteiger partial charge in [-0.05, 0) is 127 Å². The standard InChI is InChI=1S/C20H19I4NO5/c1-3-4-17(26)25-16(20(28)29-2)7-10-5-14(23)19(15(24)6-10)30-11-8-12(21)18(27)13(22)9-11/h5-6,8-9,16,27H,3-4,7H2,1-2H3,(H,25,26)/t16-/m0/s1. The lowest BCUT2D eigenvalue weighted by Crippen LogP contribution is -2.43. The Bertz CT molecular complexity index is 905. The minimum atomic E-state index is -0.743. The Hall–Kier alpha value is -0.100. The molecule has 0 fully saturated rings. The summed E-state index contributed by atoms with van der Waals surface area (Å²) in [6, 6.07) is 6.66. The third-order valence-electron chi connectivity index (χ3n) is 4.01. The SMILES string of the molecule is CCCC(=O)N[C@@H](Cc1cc(I)c(Oc2cc(I)c(O)c(I)c2)c(I)c1)C(=O)OC. The number of benzene rings is 2. The van der Waals surface area contributed by atoms with E-state index >= 15 is 0 Å². The van der Waals surface area contributed by atoms with Crippen LogP contribution in [0.2, 0.25) is 0 Å². The van der Waals surface area contributed by atoms with Crippen LogP contribution in [0, 0.1) is 14.3 Å². The highest BCUT2D eigenvalue weighted by Gasteiger charge is 2.23. The van der Waals surface area contributed by atoms with Gasteiger partial charge < -0.3 is 19.9 Å². The van der Waals surface area contributed by atoms with Crippen LogP contribution in [0.1, 0.15) is 25.3 Å². The van der Waals surface area contributed by atoms with E-state index in [2.05, 4.69) is 95.7 Å². The molecule has 1 atom stereocenters. The van der Waals surface area contributed by atoms with Crippen molar-refractivity contribution in [2.75, 3.05) is 7.11 Å². The molecule has 0 bridgehead atoms. The molecule has 0 saturated heterocycles. The minimum Gasteiger partial charge on any atom is -0.506 e. The number of carbonyl (C=O) groups excluding carboxylic acids is 2. The van der Waals surface area contributed by atoms with Crippen molar-refractivity contribution in [3.05, 3.63) is 44.1 Å². The first-order valence-electron chi connectivity index (χ1n) is 8.87. The molecule has 0 unspecified atom stereocenters. The van der Waals surface area contributed by atoms with Crippen molar-refractivity contribution in [2.24, 2.45) is 0 Å². The number of ether oxygens (including phenoxy) is 2. The lowest BCUT2D eigenvalue weighted by Gasteiger charge is -2.18. The minimum absolute atomic E-state index is 0.172. The van der Waals surface area contributed by atoms with E-state index in [1.165, 1.54) is 7.11 Å². The zero-order valence-electron chi connectivity index (χ0n) is 16.1. The quantitative estimate of drug-likeness (QED) is 0.267. The smallest absolute Gasteiger partial charge is 0.328 e. The zero-order valence-corrected chi connectivity index (χ0v) is 24.7. The van der Waals surface area contributed by atoms with Gasteiger partial charge >= 0.3 is 5.97 Å². The summed E-state index contributed by atoms with van der Waals surface area (Å²) in [6.07, 6.45) is 1.39. The fourth-order valence-electron chi connectivity index (χ4n) is 2.61. The van der Waals surface area contributed by atoms with Gasteiger partial charge in [0.2, 0.25) is 5.91 Å². The van der Waals surface area contributed by atoms with Crippen LogP contribution in [0.3, 0.4) is 0 Å². The van der Waals surface area contributed by atoms with Gasteiger partial charge in [-0.15, -0.1) is 0 Å². The molecular weight excluding hydrogens is 842 g/mol. The third-order valence-corrected chi connectivity index (χ3v) is 7.25. The molecule has 0 aromatic heterocycles. The van der Waals surface area contributed by atoms with Gasteiger partial charge in [-0.1, -0.05) is 6.92 Å². The molecular formula is C20H19I4NO5. The van der Waals surface area contributed by atoms with Gasteiger partial charge in [-0.25, -0.2) is 4.79 Å². The van der Waals surface area contributed by atoms with E-state index in [4.69, 9.17) is 9.47 Å². The summed E-state index contributed by atoms with van der Waals surface area (Å²) in [5.74, 6) is 0.917. The monoisotopic (exact) mass is 861 g/mol. The van der Waals surface area contributed by atoms with Crippen LogP contribution in [0.4, 0.5) is 0 Å². The van der Waals surface area contributed by atoms with E-state index in [0.717, 1.165) is 12.7 Å². The van der Waals surface area contributed by atoms with E-state index in [9.17, 15) is 14.7 Å². The van der Waals surface area contributed by atoms with Crippen molar-refractivity contribution < 1.29 is 24.2 Å². The number of nitrogens with one attached hydrogen (secondary N) is 1. The summed E-state index contributed by atoms with van der Waals surface area (Å²) in [7, 11) is 1.31. The van der Waals surface area contributed by atoms with Gasteiger partial charge in [0.25, 0.3) is 0 Å². The number of rotatable bonds is 8. The second-order valence-corrected chi connectivity index (χ2v) is 11.0. The number of esters is 1. The second kappa shape index (κ2) is 12.2. The van der Waals surface area contributed by atoms with Gasteiger partial charge in [0.15, 0.2) is 5.75 Å². The molecule has 1 amide bonds. The number of aromatic hydroxyl groups is 1. The highest BCUT2D eigenvalue weighted by atomic mass is 127. The third kappa shape index (κ3) is 7.21. The van der Waals surface area contributed by atoms with Crippen LogP contribution in [0.25, 0.3) is 0 Å². The number of hydrogen-bond acceptors (Lipinski definition) is 5. The fraction of sp³-hybridized carbons (Fsp3) is 0.300. The van der Waals surface area contributed by atoms with E-state index in [1.54, 1.807) is 12.1 Å². The Morgan fingerprint density at radius 2 is 1.60 bits per heavy atom. The molecule has 2 N–H and O–H groups in total. The van der Waals surface area contributed by atoms with Crippen LogP contribution in [-0.2, 0) is 20.7 Å². The molecule has 0 aliphatic rings. The Kier molecular flexibility index (Phi) is 10.7. The predicted molar refractivity (Wildman–Crippen MR) is 148 cm³/mol. The van der Waals surface area contributed by atoms with E-state index in [0.29, 0.717) is 37.9 Å². The van der Waals surface area contributed by atoms with Crippen LogP contribution >= 0.6 is 90.4 Å². The van der Waals surface area contributed by atoms with Crippen molar-refractivity contribution >= 4 is 102 Å². The lowest BCUT2D eigenvalue weighted by molar-refractivity contribution is -0.145. The van der Waals surface area contributed by atoms with E-state index in [1.807, 2.05) is 19.1 Å². The first-order valence-corrected chi connectivity index (χ1v) is 13.2. The summed E-state index contributed by atoms with van der Waals surface area (Å²) in [5, 5.41) is 12.7. The molecule has 30 heavy (non-hydrogen) atoms. The fourth-order valence-corrected chi connectivity index (χ4v) is 6.44. The van der Waals surface area contributed by atoms with Crippen LogP contribution < -0.4 is 10.1 Å². The molecule has 2 aromatic carbocycles. The summed E-state index contributed by atoms with van der Waals surface area (Å²) in [5.41, 5.74) is 0.887. The highest BCUT2D eigenvalue weighted by Crippen LogP contribution is 2.37. The normalized spacial score (nSPS) is 11.7. The number of phenolic OH excluding ortho intramolecular Hbond substituents is 1. The van der Waals surface area contributed by atoms with Gasteiger partial charge in [-0.2, -0.15) is 0 Å². The largest absolute Gasteiger partial charge is 0.506 e. The van der Waals surface area contributed by atoms with Crippen molar-refractivity contribution in [3.8, 4) is 17.2 Å². The maximum absolute atomic E-state index is 12.1. The molecule has 0 aliphatic carbocycles. The number of halogens is 4. The van der Waals surface area contributed by atoms with Crippen molar-refractivity contribution in [3.63, 3.8) is 0 Å². The summed E-state index contributed by atoms with van der Waals surface area (Å²) in [6.45, 7) is 1.91. The molecule has 2 aromatic rings. The number of carbonyl (C=O) groups is 2. The molecule has 0 heterocycles. The average Bonchev–Trinajstić information content (AvgIpc) is 2.68. The molecule has 2 rings (SSSR count). The van der Waals surface area contributed by atoms with E-state index < -0.39 is 12.0 Å². The Labute approximate surface area is 229 Å². The number of hydrogen-bond donors (Lipinski definition) is 2. The lowest BCUT2D eigenvalue weighted by atomic mass is 10.1. The Morgan fingerprint density at radius 1 is 1.03 bits per heavy atom. The average molecular weight is 861 g/mol. The van der Waals surface area contributed by atoms with Crippen LogP contribution in [-0.4, -0.2) is 30.1 Å². The predicted octanol–water partition coefficient (Wildman–Crippen LogP) is 5.60. The summed E-state index contributed by atoms with van der Waals surface area (Å²) < 4.78 is 14.1. The van der Waals surface area contributed by atoms with Gasteiger partial charge in [0, 0.05) is 12.8 Å². The van der Waals surface area contributed by atoms with Crippen molar-refractivity contribution in [1.29, 1.82) is 0 Å². The maximum atomic E-state index is 12.1. The maximum Gasteiger partial charge on any atom is 0.328 e. The molecule has 10 heteroatoms. The molecule has 162 valence electrons. The van der Waals surface area contributed by atoms with Crippen LogP contribution in [0.15, 0.2) is 24.3 Å². The summed E-state index contributed by atoms with van der Waals surface area (Å²) in [4.78, 5) is 24.1. The molecule has 0 spiro atoms. The number of methoxy groups -OCH3 is 1. The van der Waals surface area contributed by atoms with Gasteiger partial charge in [0.1, 0.15) is 17.5 Å². The van der Waals surface area contributed by atoms with Crippen LogP contribution in [0.5, 0.6) is 17.2 Å². The number of phenols is 1. The van der Waals surface area contributed by atoms with Gasteiger partial charge in [0.05, 0.1) is 21.4 Å². The molecule has 0 saturated carbocycles. The van der Waals surface area contributed by atoms with Crippen molar-refractivity contribution in [1.82, 2.24) is 5.32 Å². The zero-order chi connectivity index (χ0) is 22.4. The highest BCUT2D eigenvalue weighted by molar-refractivity contribution is 14.1. The van der Waals surface area contributed by atoms with Gasteiger partial charge in [-0.3, -0.25) is 4.79 Å². The van der Waals surface area contributed by atoms with E-state index in [-0.39, 0.29) is 11.7 Å². The molecule has 0 radical (unpaired) electrons. The molecule has 6 nitrogen and oxygen atoms in total. The Morgan fingerprint density at radius 3 is 2.10 bits per heavy atom. The first kappa shape index (κ1) is 26.2. The Balaban J connectivity index is 2.26. The van der Waals surface area contributed by atoms with Crippen molar-refractivity contribution in [2.45, 2.75) is 32.2 Å². The topological polar surface area (TPSA) is 84.9 Å².